The van der Waals surface area contributed by atoms with Crippen LogP contribution in [0.15, 0.2) is 0 Å². The molecule has 1 atom stereocenters. The second kappa shape index (κ2) is 4.61. The van der Waals surface area contributed by atoms with Crippen LogP contribution in [0.25, 0.3) is 0 Å². The quantitative estimate of drug-likeness (QED) is 0.582. The van der Waals surface area contributed by atoms with Crippen molar-refractivity contribution in [2.45, 2.75) is 12.8 Å². The molecule has 0 aromatic carbocycles. The highest BCUT2D eigenvalue weighted by molar-refractivity contribution is 4.73. The van der Waals surface area contributed by atoms with Crippen LogP contribution in [-0.4, -0.2) is 6.54 Å². The van der Waals surface area contributed by atoms with E-state index in [1.165, 1.54) is 0 Å². The fourth-order valence-corrected chi connectivity index (χ4v) is 0.387. The van der Waals surface area contributed by atoms with Gasteiger partial charge in [-0.05, 0) is 25.8 Å². The molecular weight excluding hydrogens is 100 g/mol. The number of rotatable bonds is 3. The van der Waals surface area contributed by atoms with Crippen LogP contribution in [0.1, 0.15) is 12.8 Å². The van der Waals surface area contributed by atoms with Gasteiger partial charge in [-0.15, -0.1) is 0 Å². The van der Waals surface area contributed by atoms with Crippen LogP contribution in [0.5, 0.6) is 0 Å². The smallest absolute Gasteiger partial charge is 0.0621 e. The molecule has 0 aliphatic heterocycles. The molecule has 0 saturated heterocycles. The van der Waals surface area contributed by atoms with Gasteiger partial charge in [0, 0.05) is 6.42 Å². The van der Waals surface area contributed by atoms with Crippen molar-refractivity contribution in [1.29, 1.82) is 5.26 Å². The summed E-state index contributed by atoms with van der Waals surface area (Å²) in [6.45, 7) is 4.30. The lowest BCUT2D eigenvalue weighted by molar-refractivity contribution is 0.608. The fraction of sp³-hybridized carbons (Fsp3) is 0.667. The highest BCUT2D eigenvalue weighted by Gasteiger charge is 1.95. The summed E-state index contributed by atoms with van der Waals surface area (Å²) in [6.07, 6.45) is 1.40. The second-order valence-corrected chi connectivity index (χ2v) is 1.80. The summed E-state index contributed by atoms with van der Waals surface area (Å²) in [7, 11) is 0. The van der Waals surface area contributed by atoms with E-state index in [1.807, 2.05) is 6.07 Å². The Kier molecular flexibility index (Phi) is 4.29. The fourth-order valence-electron chi connectivity index (χ4n) is 0.387. The van der Waals surface area contributed by atoms with Gasteiger partial charge in [0.2, 0.25) is 0 Å². The molecule has 2 N–H and O–H groups in total. The van der Waals surface area contributed by atoms with E-state index in [4.69, 9.17) is 11.0 Å². The monoisotopic (exact) mass is 111 g/mol. The van der Waals surface area contributed by atoms with Gasteiger partial charge in [0.05, 0.1) is 6.07 Å². The summed E-state index contributed by atoms with van der Waals surface area (Å²) < 4.78 is 0. The minimum atomic E-state index is 0.259. The highest BCUT2D eigenvalue weighted by Crippen LogP contribution is 1.99. The number of hydrogen-bond donors (Lipinski definition) is 1. The SMILES string of the molecule is [CH2]C(CN)CCC#N. The first-order valence-corrected chi connectivity index (χ1v) is 2.71. The molecule has 0 amide bonds. The summed E-state index contributed by atoms with van der Waals surface area (Å²) in [6, 6.07) is 2.04. The summed E-state index contributed by atoms with van der Waals surface area (Å²) >= 11 is 0. The Morgan fingerprint density at radius 2 is 2.38 bits per heavy atom. The Hall–Kier alpha value is -0.550. The van der Waals surface area contributed by atoms with Gasteiger partial charge in [0.25, 0.3) is 0 Å². The Morgan fingerprint density at radius 3 is 2.75 bits per heavy atom. The van der Waals surface area contributed by atoms with Gasteiger partial charge in [0.1, 0.15) is 0 Å². The minimum absolute atomic E-state index is 0.259. The van der Waals surface area contributed by atoms with Crippen LogP contribution >= 0.6 is 0 Å². The van der Waals surface area contributed by atoms with Crippen molar-refractivity contribution >= 4 is 0 Å². The lowest BCUT2D eigenvalue weighted by atomic mass is 10.1. The Bertz CT molecular complexity index is 83.0. The van der Waals surface area contributed by atoms with Crippen LogP contribution in [-0.2, 0) is 0 Å². The van der Waals surface area contributed by atoms with Crippen molar-refractivity contribution in [3.8, 4) is 6.07 Å². The number of nitrogens with two attached hydrogens (primary N) is 1. The molecule has 0 fully saturated rings. The molecule has 2 heteroatoms. The van der Waals surface area contributed by atoms with Gasteiger partial charge in [-0.25, -0.2) is 0 Å². The maximum absolute atomic E-state index is 8.09. The van der Waals surface area contributed by atoms with Crippen molar-refractivity contribution in [2.75, 3.05) is 6.54 Å². The van der Waals surface area contributed by atoms with Gasteiger partial charge in [-0.1, -0.05) is 0 Å². The molecule has 0 aliphatic carbocycles. The molecule has 1 radical (unpaired) electrons. The average Bonchev–Trinajstić information content (AvgIpc) is 1.83. The Balaban J connectivity index is 3.01. The highest BCUT2D eigenvalue weighted by atomic mass is 14.5. The molecule has 2 nitrogen and oxygen atoms in total. The molecular formula is C6H11N2. The van der Waals surface area contributed by atoms with Crippen LogP contribution in [0, 0.1) is 24.2 Å². The number of hydrogen-bond acceptors (Lipinski definition) is 2. The predicted octanol–water partition coefficient (Wildman–Crippen LogP) is 0.699. The van der Waals surface area contributed by atoms with Crippen molar-refractivity contribution in [3.63, 3.8) is 0 Å². The average molecular weight is 111 g/mol. The molecule has 8 heavy (non-hydrogen) atoms. The third-order valence-corrected chi connectivity index (χ3v) is 0.998. The molecule has 1 unspecified atom stereocenters. The van der Waals surface area contributed by atoms with Gasteiger partial charge < -0.3 is 5.73 Å². The molecule has 0 aromatic rings. The maximum Gasteiger partial charge on any atom is 0.0621 e. The van der Waals surface area contributed by atoms with Crippen LogP contribution in [0.4, 0.5) is 0 Å². The first kappa shape index (κ1) is 7.45. The Labute approximate surface area is 50.3 Å². The lowest BCUT2D eigenvalue weighted by Gasteiger charge is -2.01. The normalized spacial score (nSPS) is 12.6. The molecule has 0 bridgehead atoms. The third-order valence-electron chi connectivity index (χ3n) is 0.998. The zero-order valence-electron chi connectivity index (χ0n) is 4.93. The molecule has 0 rings (SSSR count). The second-order valence-electron chi connectivity index (χ2n) is 1.80. The number of nitriles is 1. The zero-order valence-corrected chi connectivity index (χ0v) is 4.93. The molecule has 0 heterocycles. The van der Waals surface area contributed by atoms with E-state index in [-0.39, 0.29) is 5.92 Å². The van der Waals surface area contributed by atoms with E-state index in [9.17, 15) is 0 Å². The summed E-state index contributed by atoms with van der Waals surface area (Å²) in [5, 5.41) is 8.09. The predicted molar refractivity (Wildman–Crippen MR) is 32.7 cm³/mol. The van der Waals surface area contributed by atoms with E-state index in [1.54, 1.807) is 0 Å². The Morgan fingerprint density at radius 1 is 1.75 bits per heavy atom. The van der Waals surface area contributed by atoms with Crippen molar-refractivity contribution < 1.29 is 0 Å². The van der Waals surface area contributed by atoms with E-state index < -0.39 is 0 Å². The standard InChI is InChI=1S/C6H11N2/c1-6(5-8)3-2-4-7/h6H,1-3,5,8H2. The van der Waals surface area contributed by atoms with Crippen LogP contribution in [0.3, 0.4) is 0 Å². The summed E-state index contributed by atoms with van der Waals surface area (Å²) in [5.74, 6) is 0.259. The zero-order chi connectivity index (χ0) is 6.41. The van der Waals surface area contributed by atoms with Gasteiger partial charge in [-0.2, -0.15) is 5.26 Å². The third kappa shape index (κ3) is 3.63. The first-order valence-electron chi connectivity index (χ1n) is 2.71. The van der Waals surface area contributed by atoms with Crippen LogP contribution in [0.2, 0.25) is 0 Å². The maximum atomic E-state index is 8.09. The molecule has 0 aromatic heterocycles. The lowest BCUT2D eigenvalue weighted by Crippen LogP contribution is -2.10. The van der Waals surface area contributed by atoms with Gasteiger partial charge in [0.15, 0.2) is 0 Å². The largest absolute Gasteiger partial charge is 0.330 e. The van der Waals surface area contributed by atoms with Crippen molar-refractivity contribution in [2.24, 2.45) is 11.7 Å². The topological polar surface area (TPSA) is 49.8 Å². The molecule has 0 spiro atoms. The van der Waals surface area contributed by atoms with Crippen LogP contribution < -0.4 is 5.73 Å². The molecule has 0 aliphatic rings. The van der Waals surface area contributed by atoms with E-state index in [2.05, 4.69) is 6.92 Å². The van der Waals surface area contributed by atoms with E-state index in [0.717, 1.165) is 6.42 Å². The molecule has 0 saturated carbocycles. The van der Waals surface area contributed by atoms with Crippen molar-refractivity contribution in [1.82, 2.24) is 0 Å². The first-order chi connectivity index (χ1) is 3.81. The van der Waals surface area contributed by atoms with Gasteiger partial charge in [-0.3, -0.25) is 0 Å². The van der Waals surface area contributed by atoms with Crippen molar-refractivity contribution in [3.05, 3.63) is 6.92 Å². The number of nitrogens with zero attached hydrogens (tertiary/aromatic N) is 1. The van der Waals surface area contributed by atoms with Gasteiger partial charge >= 0.3 is 0 Å². The minimum Gasteiger partial charge on any atom is -0.330 e. The summed E-state index contributed by atoms with van der Waals surface area (Å²) in [5.41, 5.74) is 5.24. The van der Waals surface area contributed by atoms with E-state index in [0.29, 0.717) is 13.0 Å². The summed E-state index contributed by atoms with van der Waals surface area (Å²) in [4.78, 5) is 0. The van der Waals surface area contributed by atoms with E-state index >= 15 is 0 Å². The molecule has 45 valence electrons.